The molecule has 19 heavy (non-hydrogen) atoms. The number of anilines is 1. The minimum Gasteiger partial charge on any atom is -0.378 e. The standard InChI is InChI=1S/C15H15N3O/c1-17(2)11-7-9-12(10-8-11)18-14-6-4-3-5-13(14)16-15(18)19/h3-10H,1-2H3,(H,16,19). The van der Waals surface area contributed by atoms with Gasteiger partial charge in [-0.25, -0.2) is 4.79 Å². The first-order chi connectivity index (χ1) is 9.16. The van der Waals surface area contributed by atoms with E-state index in [0.717, 1.165) is 22.4 Å². The van der Waals surface area contributed by atoms with Crippen molar-refractivity contribution in [1.82, 2.24) is 9.55 Å². The molecule has 0 spiro atoms. The highest BCUT2D eigenvalue weighted by atomic mass is 16.1. The van der Waals surface area contributed by atoms with Crippen LogP contribution in [0.5, 0.6) is 0 Å². The second-order valence-corrected chi connectivity index (χ2v) is 4.69. The van der Waals surface area contributed by atoms with Crippen molar-refractivity contribution in [3.8, 4) is 5.69 Å². The normalized spacial score (nSPS) is 10.8. The second kappa shape index (κ2) is 4.31. The third-order valence-corrected chi connectivity index (χ3v) is 3.21. The van der Waals surface area contributed by atoms with Crippen molar-refractivity contribution in [2.24, 2.45) is 0 Å². The van der Waals surface area contributed by atoms with Gasteiger partial charge in [0.1, 0.15) is 0 Å². The van der Waals surface area contributed by atoms with Crippen molar-refractivity contribution >= 4 is 16.7 Å². The monoisotopic (exact) mass is 253 g/mol. The number of benzene rings is 2. The summed E-state index contributed by atoms with van der Waals surface area (Å²) in [7, 11) is 3.99. The van der Waals surface area contributed by atoms with E-state index in [-0.39, 0.29) is 5.69 Å². The summed E-state index contributed by atoms with van der Waals surface area (Å²) in [6.45, 7) is 0. The van der Waals surface area contributed by atoms with Gasteiger partial charge in [-0.1, -0.05) is 12.1 Å². The number of para-hydroxylation sites is 2. The Kier molecular flexibility index (Phi) is 2.63. The predicted molar refractivity (Wildman–Crippen MR) is 78.2 cm³/mol. The molecule has 4 heteroatoms. The van der Waals surface area contributed by atoms with E-state index in [4.69, 9.17) is 0 Å². The number of aromatic nitrogens is 2. The largest absolute Gasteiger partial charge is 0.378 e. The van der Waals surface area contributed by atoms with Crippen molar-refractivity contribution in [3.63, 3.8) is 0 Å². The zero-order valence-electron chi connectivity index (χ0n) is 10.9. The summed E-state index contributed by atoms with van der Waals surface area (Å²) in [5.74, 6) is 0. The fourth-order valence-corrected chi connectivity index (χ4v) is 2.21. The van der Waals surface area contributed by atoms with Gasteiger partial charge in [0, 0.05) is 19.8 Å². The van der Waals surface area contributed by atoms with Gasteiger partial charge in [0.05, 0.1) is 16.7 Å². The van der Waals surface area contributed by atoms with Crippen LogP contribution in [0.3, 0.4) is 0 Å². The Bertz CT molecular complexity index is 766. The topological polar surface area (TPSA) is 41.0 Å². The molecular formula is C15H15N3O. The lowest BCUT2D eigenvalue weighted by atomic mass is 10.2. The van der Waals surface area contributed by atoms with Crippen molar-refractivity contribution in [2.75, 3.05) is 19.0 Å². The van der Waals surface area contributed by atoms with Crippen molar-refractivity contribution < 1.29 is 0 Å². The summed E-state index contributed by atoms with van der Waals surface area (Å²) < 4.78 is 1.69. The zero-order chi connectivity index (χ0) is 13.4. The number of nitrogens with zero attached hydrogens (tertiary/aromatic N) is 2. The lowest BCUT2D eigenvalue weighted by molar-refractivity contribution is 1.01. The summed E-state index contributed by atoms with van der Waals surface area (Å²) in [4.78, 5) is 16.9. The van der Waals surface area contributed by atoms with Crippen molar-refractivity contribution in [2.45, 2.75) is 0 Å². The van der Waals surface area contributed by atoms with Crippen LogP contribution in [-0.4, -0.2) is 23.6 Å². The third-order valence-electron chi connectivity index (χ3n) is 3.21. The van der Waals surface area contributed by atoms with Gasteiger partial charge in [0.25, 0.3) is 0 Å². The van der Waals surface area contributed by atoms with Gasteiger partial charge in [-0.2, -0.15) is 0 Å². The molecule has 96 valence electrons. The predicted octanol–water partition coefficient (Wildman–Crippen LogP) is 2.38. The molecule has 0 aliphatic carbocycles. The van der Waals surface area contributed by atoms with Gasteiger partial charge >= 0.3 is 5.69 Å². The lowest BCUT2D eigenvalue weighted by Crippen LogP contribution is -2.15. The average Bonchev–Trinajstić information content (AvgIpc) is 2.74. The maximum absolute atomic E-state index is 12.1. The van der Waals surface area contributed by atoms with E-state index in [0.29, 0.717) is 0 Å². The quantitative estimate of drug-likeness (QED) is 0.762. The van der Waals surface area contributed by atoms with Gasteiger partial charge < -0.3 is 9.88 Å². The molecule has 1 aromatic heterocycles. The van der Waals surface area contributed by atoms with Crippen LogP contribution in [-0.2, 0) is 0 Å². The van der Waals surface area contributed by atoms with Crippen molar-refractivity contribution in [3.05, 3.63) is 59.0 Å². The van der Waals surface area contributed by atoms with Gasteiger partial charge in [-0.15, -0.1) is 0 Å². The molecule has 0 fully saturated rings. The molecule has 0 amide bonds. The third kappa shape index (κ3) is 1.91. The highest BCUT2D eigenvalue weighted by Gasteiger charge is 2.07. The second-order valence-electron chi connectivity index (χ2n) is 4.69. The minimum absolute atomic E-state index is 0.112. The Labute approximate surface area is 110 Å². The number of fused-ring (bicyclic) bond motifs is 1. The number of imidazole rings is 1. The van der Waals surface area contributed by atoms with Crippen LogP contribution in [0.2, 0.25) is 0 Å². The summed E-state index contributed by atoms with van der Waals surface area (Å²) in [5, 5.41) is 0. The van der Waals surface area contributed by atoms with E-state index in [2.05, 4.69) is 4.98 Å². The molecule has 0 saturated carbocycles. The van der Waals surface area contributed by atoms with E-state index >= 15 is 0 Å². The van der Waals surface area contributed by atoms with Gasteiger partial charge in [0.15, 0.2) is 0 Å². The molecule has 4 nitrogen and oxygen atoms in total. The Morgan fingerprint density at radius 3 is 2.37 bits per heavy atom. The first-order valence-electron chi connectivity index (χ1n) is 6.14. The Hall–Kier alpha value is -2.49. The van der Waals surface area contributed by atoms with Gasteiger partial charge in [0.2, 0.25) is 0 Å². The maximum atomic E-state index is 12.1. The van der Waals surface area contributed by atoms with E-state index < -0.39 is 0 Å². The number of rotatable bonds is 2. The highest BCUT2D eigenvalue weighted by Crippen LogP contribution is 2.18. The van der Waals surface area contributed by atoms with Crippen molar-refractivity contribution in [1.29, 1.82) is 0 Å². The molecular weight excluding hydrogens is 238 g/mol. The Morgan fingerprint density at radius 2 is 1.68 bits per heavy atom. The fraction of sp³-hybridized carbons (Fsp3) is 0.133. The maximum Gasteiger partial charge on any atom is 0.331 e. The van der Waals surface area contributed by atoms with Gasteiger partial charge in [-0.05, 0) is 36.4 Å². The lowest BCUT2D eigenvalue weighted by Gasteiger charge is -2.12. The number of H-pyrrole nitrogens is 1. The highest BCUT2D eigenvalue weighted by molar-refractivity contribution is 5.77. The summed E-state index contributed by atoms with van der Waals surface area (Å²) in [5.41, 5.74) is 3.61. The molecule has 0 radical (unpaired) electrons. The smallest absolute Gasteiger partial charge is 0.331 e. The zero-order valence-corrected chi connectivity index (χ0v) is 10.9. The molecule has 1 N–H and O–H groups in total. The molecule has 1 heterocycles. The van der Waals surface area contributed by atoms with E-state index in [1.165, 1.54) is 0 Å². The molecule has 0 aliphatic rings. The van der Waals surface area contributed by atoms with E-state index in [9.17, 15) is 4.79 Å². The molecule has 0 unspecified atom stereocenters. The van der Waals surface area contributed by atoms with Crippen LogP contribution in [0.4, 0.5) is 5.69 Å². The fourth-order valence-electron chi connectivity index (χ4n) is 2.21. The van der Waals surface area contributed by atoms with Crippen LogP contribution >= 0.6 is 0 Å². The Morgan fingerprint density at radius 1 is 1.00 bits per heavy atom. The molecule has 3 aromatic rings. The van der Waals surface area contributed by atoms with Crippen LogP contribution < -0.4 is 10.6 Å². The summed E-state index contributed by atoms with van der Waals surface area (Å²) in [6.07, 6.45) is 0. The molecule has 3 rings (SSSR count). The molecule has 2 aromatic carbocycles. The molecule has 0 bridgehead atoms. The molecule has 0 atom stereocenters. The van der Waals surface area contributed by atoms with Crippen LogP contribution in [0.15, 0.2) is 53.3 Å². The van der Waals surface area contributed by atoms with Crippen LogP contribution in [0.25, 0.3) is 16.7 Å². The van der Waals surface area contributed by atoms with E-state index in [1.807, 2.05) is 67.5 Å². The Balaban J connectivity index is 2.19. The number of aromatic amines is 1. The average molecular weight is 253 g/mol. The van der Waals surface area contributed by atoms with Gasteiger partial charge in [-0.3, -0.25) is 4.57 Å². The SMILES string of the molecule is CN(C)c1ccc(-n2c(=O)[nH]c3ccccc32)cc1. The van der Waals surface area contributed by atoms with Crippen LogP contribution in [0.1, 0.15) is 0 Å². The molecule has 0 saturated heterocycles. The summed E-state index contributed by atoms with van der Waals surface area (Å²) in [6, 6.07) is 15.6. The number of hydrogen-bond acceptors (Lipinski definition) is 2. The van der Waals surface area contributed by atoms with E-state index in [1.54, 1.807) is 4.57 Å². The first-order valence-corrected chi connectivity index (χ1v) is 6.14. The first kappa shape index (κ1) is 11.6. The number of hydrogen-bond donors (Lipinski definition) is 1. The minimum atomic E-state index is -0.112. The summed E-state index contributed by atoms with van der Waals surface area (Å²) >= 11 is 0. The van der Waals surface area contributed by atoms with Crippen LogP contribution in [0, 0.1) is 0 Å². The molecule has 0 aliphatic heterocycles. The number of nitrogens with one attached hydrogen (secondary N) is 1.